The summed E-state index contributed by atoms with van der Waals surface area (Å²) in [5.41, 5.74) is 1.21. The summed E-state index contributed by atoms with van der Waals surface area (Å²) < 4.78 is 0. The van der Waals surface area contributed by atoms with E-state index in [9.17, 15) is 0 Å². The van der Waals surface area contributed by atoms with Crippen molar-refractivity contribution in [3.05, 3.63) is 36.2 Å². The monoisotopic (exact) mass is 106 g/mol. The molecule has 0 saturated heterocycles. The molecule has 0 saturated carbocycles. The number of allylic oxidation sites excluding steroid dienone is 4. The Morgan fingerprint density at radius 2 is 2.50 bits per heavy atom. The van der Waals surface area contributed by atoms with Gasteiger partial charge in [-0.2, -0.15) is 0 Å². The van der Waals surface area contributed by atoms with Gasteiger partial charge >= 0.3 is 0 Å². The van der Waals surface area contributed by atoms with Gasteiger partial charge in [0.25, 0.3) is 0 Å². The van der Waals surface area contributed by atoms with Gasteiger partial charge in [0.1, 0.15) is 0 Å². The van der Waals surface area contributed by atoms with E-state index >= 15 is 0 Å². The third-order valence-electron chi connectivity index (χ3n) is 0.922. The van der Waals surface area contributed by atoms with E-state index in [0.717, 1.165) is 0 Å². The van der Waals surface area contributed by atoms with E-state index in [-0.39, 0.29) is 0 Å². The highest BCUT2D eigenvalue weighted by Crippen LogP contribution is 1.95. The van der Waals surface area contributed by atoms with E-state index in [4.69, 9.17) is 0 Å². The van der Waals surface area contributed by atoms with E-state index in [1.165, 1.54) is 5.57 Å². The fourth-order valence-electron chi connectivity index (χ4n) is 0.500. The third-order valence-corrected chi connectivity index (χ3v) is 0.922. The quantitative estimate of drug-likeness (QED) is 0.491. The Bertz CT molecular complexity index is 152. The van der Waals surface area contributed by atoms with E-state index in [2.05, 4.69) is 11.5 Å². The lowest BCUT2D eigenvalue weighted by molar-refractivity contribution is 1.15. The maximum absolute atomic E-state index is 2.87. The van der Waals surface area contributed by atoms with Crippen molar-refractivity contribution in [3.8, 4) is 0 Å². The van der Waals surface area contributed by atoms with Crippen LogP contribution in [0.4, 0.5) is 0 Å². The minimum absolute atomic E-state index is 1.21. The van der Waals surface area contributed by atoms with Gasteiger partial charge in [-0.1, -0.05) is 6.08 Å². The van der Waals surface area contributed by atoms with Gasteiger partial charge in [-0.3, -0.25) is 0 Å². The topological polar surface area (TPSA) is 12.0 Å². The Morgan fingerprint density at radius 3 is 3.38 bits per heavy atom. The van der Waals surface area contributed by atoms with Crippen LogP contribution in [0.25, 0.3) is 0 Å². The van der Waals surface area contributed by atoms with Crippen LogP contribution in [0, 0.1) is 6.20 Å². The fourth-order valence-corrected chi connectivity index (χ4v) is 0.500. The van der Waals surface area contributed by atoms with Gasteiger partial charge in [0, 0.05) is 6.20 Å². The van der Waals surface area contributed by atoms with E-state index in [1.54, 1.807) is 0 Å². The maximum Gasteiger partial charge on any atom is 0.0621 e. The molecule has 0 aromatic heterocycles. The number of nitrogens with one attached hydrogen (secondary N) is 1. The molecule has 0 unspecified atom stereocenters. The van der Waals surface area contributed by atoms with Crippen LogP contribution >= 0.6 is 0 Å². The van der Waals surface area contributed by atoms with Crippen molar-refractivity contribution in [1.82, 2.24) is 5.32 Å². The first kappa shape index (κ1) is 5.16. The molecule has 1 rings (SSSR count). The third kappa shape index (κ3) is 1.26. The van der Waals surface area contributed by atoms with Crippen LogP contribution in [-0.4, -0.2) is 0 Å². The van der Waals surface area contributed by atoms with Crippen molar-refractivity contribution in [3.63, 3.8) is 0 Å². The van der Waals surface area contributed by atoms with Crippen molar-refractivity contribution in [2.24, 2.45) is 0 Å². The Kier molecular flexibility index (Phi) is 1.52. The summed E-state index contributed by atoms with van der Waals surface area (Å²) in [4.78, 5) is 0. The molecule has 1 N–H and O–H groups in total. The van der Waals surface area contributed by atoms with E-state index in [1.807, 2.05) is 31.4 Å². The van der Waals surface area contributed by atoms with Gasteiger partial charge in [0.15, 0.2) is 0 Å². The van der Waals surface area contributed by atoms with Crippen LogP contribution in [0.5, 0.6) is 0 Å². The molecular formula is C7H8N. The summed E-state index contributed by atoms with van der Waals surface area (Å²) in [5, 5.41) is 2.84. The number of hydrogen-bond acceptors (Lipinski definition) is 1. The van der Waals surface area contributed by atoms with Gasteiger partial charge in [-0.15, -0.1) is 0 Å². The van der Waals surface area contributed by atoms with Crippen LogP contribution < -0.4 is 5.32 Å². The Labute approximate surface area is 49.4 Å². The van der Waals surface area contributed by atoms with Gasteiger partial charge in [0.05, 0.1) is 6.20 Å². The Morgan fingerprint density at radius 1 is 1.62 bits per heavy atom. The van der Waals surface area contributed by atoms with Crippen molar-refractivity contribution < 1.29 is 0 Å². The van der Waals surface area contributed by atoms with Crippen molar-refractivity contribution >= 4 is 0 Å². The molecule has 0 bridgehead atoms. The highest BCUT2D eigenvalue weighted by Gasteiger charge is 1.80. The zero-order valence-corrected chi connectivity index (χ0v) is 4.81. The number of rotatable bonds is 0. The van der Waals surface area contributed by atoms with Crippen LogP contribution in [0.15, 0.2) is 30.0 Å². The van der Waals surface area contributed by atoms with Crippen LogP contribution in [0.2, 0.25) is 0 Å². The molecule has 1 aliphatic heterocycles. The highest BCUT2D eigenvalue weighted by atomic mass is 14.8. The first-order valence-electron chi connectivity index (χ1n) is 2.57. The highest BCUT2D eigenvalue weighted by molar-refractivity contribution is 5.22. The zero-order chi connectivity index (χ0) is 5.82. The van der Waals surface area contributed by atoms with E-state index in [0.29, 0.717) is 0 Å². The minimum Gasteiger partial charge on any atom is -0.360 e. The molecule has 1 heterocycles. The second kappa shape index (κ2) is 2.36. The molecule has 1 heteroatoms. The van der Waals surface area contributed by atoms with Crippen LogP contribution in [0.3, 0.4) is 0 Å². The second-order valence-corrected chi connectivity index (χ2v) is 1.70. The summed E-state index contributed by atoms with van der Waals surface area (Å²) in [7, 11) is 0. The minimum atomic E-state index is 1.21. The lowest BCUT2D eigenvalue weighted by Crippen LogP contribution is -1.89. The molecule has 0 spiro atoms. The van der Waals surface area contributed by atoms with Gasteiger partial charge in [0.2, 0.25) is 0 Å². The average Bonchev–Trinajstić information content (AvgIpc) is 1.94. The van der Waals surface area contributed by atoms with Crippen molar-refractivity contribution in [2.45, 2.75) is 6.92 Å². The molecule has 0 aromatic rings. The normalized spacial score (nSPS) is 16.9. The predicted molar refractivity (Wildman–Crippen MR) is 33.8 cm³/mol. The SMILES string of the molecule is CC1=CC=CN[C]=C1. The molecule has 0 atom stereocenters. The van der Waals surface area contributed by atoms with Gasteiger partial charge in [-0.25, -0.2) is 0 Å². The molecular weight excluding hydrogens is 98.1 g/mol. The van der Waals surface area contributed by atoms with Gasteiger partial charge in [-0.05, 0) is 24.6 Å². The summed E-state index contributed by atoms with van der Waals surface area (Å²) in [6.45, 7) is 2.03. The number of hydrogen-bond donors (Lipinski definition) is 1. The predicted octanol–water partition coefficient (Wildman–Crippen LogP) is 1.37. The Hall–Kier alpha value is -0.980. The largest absolute Gasteiger partial charge is 0.360 e. The lowest BCUT2D eigenvalue weighted by atomic mass is 10.3. The van der Waals surface area contributed by atoms with E-state index < -0.39 is 0 Å². The molecule has 41 valence electrons. The molecule has 8 heavy (non-hydrogen) atoms. The van der Waals surface area contributed by atoms with Crippen LogP contribution in [-0.2, 0) is 0 Å². The fraction of sp³-hybridized carbons (Fsp3) is 0.143. The zero-order valence-electron chi connectivity index (χ0n) is 4.81. The molecule has 0 fully saturated rings. The van der Waals surface area contributed by atoms with Crippen molar-refractivity contribution in [1.29, 1.82) is 0 Å². The molecule has 0 aliphatic carbocycles. The smallest absolute Gasteiger partial charge is 0.0621 e. The molecule has 1 aliphatic rings. The molecule has 1 nitrogen and oxygen atoms in total. The van der Waals surface area contributed by atoms with Crippen LogP contribution in [0.1, 0.15) is 6.92 Å². The second-order valence-electron chi connectivity index (χ2n) is 1.70. The molecule has 1 radical (unpaired) electrons. The first-order valence-corrected chi connectivity index (χ1v) is 2.57. The van der Waals surface area contributed by atoms with Crippen molar-refractivity contribution in [2.75, 3.05) is 0 Å². The first-order chi connectivity index (χ1) is 3.89. The summed E-state index contributed by atoms with van der Waals surface area (Å²) >= 11 is 0. The summed E-state index contributed by atoms with van der Waals surface area (Å²) in [5.74, 6) is 0. The molecule has 0 aromatic carbocycles. The molecule has 0 amide bonds. The summed E-state index contributed by atoms with van der Waals surface area (Å²) in [6, 6.07) is 0. The maximum atomic E-state index is 2.87. The lowest BCUT2D eigenvalue weighted by Gasteiger charge is -1.81. The van der Waals surface area contributed by atoms with Gasteiger partial charge < -0.3 is 5.32 Å². The average molecular weight is 106 g/mol. The summed E-state index contributed by atoms with van der Waals surface area (Å²) in [6.07, 6.45) is 10.6. The Balaban J connectivity index is 2.73. The standard InChI is InChI=1S/C7H8N/c1-7-3-2-5-8-6-4-7/h2-5,8H,1H3.